The minimum Gasteiger partial charge on any atom is -0.473 e. The summed E-state index contributed by atoms with van der Waals surface area (Å²) in [6.45, 7) is 4.40. The highest BCUT2D eigenvalue weighted by atomic mass is 19.3. The van der Waals surface area contributed by atoms with Crippen LogP contribution in [0.1, 0.15) is 36.7 Å². The van der Waals surface area contributed by atoms with Crippen LogP contribution in [-0.4, -0.2) is 55.0 Å². The van der Waals surface area contributed by atoms with Crippen molar-refractivity contribution in [2.24, 2.45) is 0 Å². The van der Waals surface area contributed by atoms with Crippen LogP contribution in [0.25, 0.3) is 5.69 Å². The highest BCUT2D eigenvalue weighted by Gasteiger charge is 2.27. The van der Waals surface area contributed by atoms with Crippen LogP contribution in [0.3, 0.4) is 0 Å². The molecule has 0 aromatic carbocycles. The highest BCUT2D eigenvalue weighted by molar-refractivity contribution is 5.97. The maximum Gasteiger partial charge on any atom is 0.272 e. The van der Waals surface area contributed by atoms with E-state index in [4.69, 9.17) is 4.74 Å². The van der Waals surface area contributed by atoms with Gasteiger partial charge < -0.3 is 9.64 Å². The van der Waals surface area contributed by atoms with Gasteiger partial charge in [0.2, 0.25) is 5.88 Å². The van der Waals surface area contributed by atoms with Crippen LogP contribution in [0.2, 0.25) is 0 Å². The molecule has 1 atom stereocenters. The number of alkyl halides is 2. The Kier molecular flexibility index (Phi) is 6.52. The van der Waals surface area contributed by atoms with Crippen molar-refractivity contribution in [2.45, 2.75) is 32.7 Å². The van der Waals surface area contributed by atoms with Crippen molar-refractivity contribution in [2.75, 3.05) is 13.2 Å². The van der Waals surface area contributed by atoms with Crippen molar-refractivity contribution in [3.8, 4) is 11.6 Å². The van der Waals surface area contributed by atoms with Crippen LogP contribution >= 0.6 is 0 Å². The molecule has 0 aliphatic rings. The third-order valence-corrected chi connectivity index (χ3v) is 4.57. The Morgan fingerprint density at radius 2 is 1.97 bits per heavy atom. The fraction of sp³-hybridized carbons (Fsp3) is 0.350. The number of carbonyl (C=O) groups is 1. The molecule has 0 bridgehead atoms. The van der Waals surface area contributed by atoms with Gasteiger partial charge in [0.1, 0.15) is 12.3 Å². The Morgan fingerprint density at radius 3 is 2.58 bits per heavy atom. The van der Waals surface area contributed by atoms with Gasteiger partial charge in [0, 0.05) is 37.6 Å². The molecule has 3 heterocycles. The predicted molar refractivity (Wildman–Crippen MR) is 105 cm³/mol. The first-order chi connectivity index (χ1) is 14.7. The maximum atomic E-state index is 14.1. The Labute approximate surface area is 176 Å². The van der Waals surface area contributed by atoms with Gasteiger partial charge in [-0.2, -0.15) is 15.0 Å². The lowest BCUT2D eigenvalue weighted by atomic mass is 10.1. The molecule has 0 saturated carbocycles. The molecule has 11 heteroatoms. The van der Waals surface area contributed by atoms with Gasteiger partial charge in [-0.15, -0.1) is 0 Å². The number of rotatable bonds is 8. The number of likely N-dealkylation sites (N-methyl/N-ethyl adjacent to an activating group) is 1. The molecule has 0 aliphatic heterocycles. The molecule has 0 saturated heterocycles. The molecule has 3 aromatic heterocycles. The first kappa shape index (κ1) is 22.2. The normalized spacial score (nSPS) is 12.5. The van der Waals surface area contributed by atoms with E-state index >= 15 is 0 Å². The summed E-state index contributed by atoms with van der Waals surface area (Å²) >= 11 is 0. The number of carbonyl (C=O) groups excluding carboxylic acids is 1. The van der Waals surface area contributed by atoms with Gasteiger partial charge in [-0.1, -0.05) is 0 Å². The Morgan fingerprint density at radius 1 is 1.26 bits per heavy atom. The quantitative estimate of drug-likeness (QED) is 0.541. The van der Waals surface area contributed by atoms with E-state index in [1.165, 1.54) is 34.5 Å². The molecule has 0 radical (unpaired) electrons. The zero-order valence-electron chi connectivity index (χ0n) is 17.2. The molecule has 0 spiro atoms. The number of pyridine rings is 2. The summed E-state index contributed by atoms with van der Waals surface area (Å²) in [5.74, 6) is -4.96. The molecule has 8 nitrogen and oxygen atoms in total. The average Bonchev–Trinajstić information content (AvgIpc) is 3.27. The number of aromatic nitrogens is 5. The lowest BCUT2D eigenvalue weighted by Crippen LogP contribution is -2.42. The summed E-state index contributed by atoms with van der Waals surface area (Å²) < 4.78 is 46.1. The van der Waals surface area contributed by atoms with E-state index in [9.17, 15) is 18.0 Å². The maximum absolute atomic E-state index is 14.1. The van der Waals surface area contributed by atoms with E-state index in [0.717, 1.165) is 6.20 Å². The van der Waals surface area contributed by atoms with Crippen molar-refractivity contribution in [1.29, 1.82) is 0 Å². The topological polar surface area (TPSA) is 86.0 Å². The van der Waals surface area contributed by atoms with Crippen molar-refractivity contribution in [3.05, 3.63) is 60.1 Å². The second-order valence-corrected chi connectivity index (χ2v) is 6.86. The second kappa shape index (κ2) is 9.11. The highest BCUT2D eigenvalue weighted by Crippen LogP contribution is 2.28. The molecular formula is C20H21F3N6O2. The van der Waals surface area contributed by atoms with Crippen molar-refractivity contribution in [3.63, 3.8) is 0 Å². The molecule has 3 rings (SSSR count). The molecule has 164 valence electrons. The van der Waals surface area contributed by atoms with E-state index in [1.54, 1.807) is 19.9 Å². The Bertz CT molecular complexity index is 1040. The average molecular weight is 434 g/mol. The Hall–Kier alpha value is -3.50. The summed E-state index contributed by atoms with van der Waals surface area (Å²) in [6, 6.07) is 1.83. The fourth-order valence-corrected chi connectivity index (χ4v) is 2.94. The van der Waals surface area contributed by atoms with E-state index in [1.807, 2.05) is 0 Å². The van der Waals surface area contributed by atoms with E-state index < -0.39 is 29.2 Å². The summed E-state index contributed by atoms with van der Waals surface area (Å²) in [4.78, 5) is 23.6. The molecule has 31 heavy (non-hydrogen) atoms. The van der Waals surface area contributed by atoms with E-state index in [-0.39, 0.29) is 18.1 Å². The Balaban J connectivity index is 1.74. The fourth-order valence-electron chi connectivity index (χ4n) is 2.94. The number of amides is 1. The largest absolute Gasteiger partial charge is 0.473 e. The monoisotopic (exact) mass is 434 g/mol. The van der Waals surface area contributed by atoms with Gasteiger partial charge >= 0.3 is 0 Å². The molecular weight excluding hydrogens is 413 g/mol. The smallest absolute Gasteiger partial charge is 0.272 e. The van der Waals surface area contributed by atoms with Gasteiger partial charge in [0.25, 0.3) is 11.8 Å². The first-order valence-electron chi connectivity index (χ1n) is 9.50. The lowest BCUT2D eigenvalue weighted by Gasteiger charge is -2.28. The third-order valence-electron chi connectivity index (χ3n) is 4.57. The van der Waals surface area contributed by atoms with Crippen LogP contribution in [0.5, 0.6) is 5.88 Å². The second-order valence-electron chi connectivity index (χ2n) is 6.86. The van der Waals surface area contributed by atoms with Crippen LogP contribution < -0.4 is 4.74 Å². The number of hydrogen-bond donors (Lipinski definition) is 0. The molecule has 3 aromatic rings. The summed E-state index contributed by atoms with van der Waals surface area (Å²) in [5, 5.41) is 8.10. The number of ether oxygens (including phenoxy) is 1. The molecule has 0 aliphatic carbocycles. The minimum absolute atomic E-state index is 0.0963. The minimum atomic E-state index is -3.21. The summed E-state index contributed by atoms with van der Waals surface area (Å²) in [6.07, 6.45) is 6.79. The van der Waals surface area contributed by atoms with E-state index in [0.29, 0.717) is 25.2 Å². The number of halogens is 3. The van der Waals surface area contributed by atoms with Gasteiger partial charge in [-0.25, -0.2) is 18.2 Å². The zero-order valence-corrected chi connectivity index (χ0v) is 17.2. The van der Waals surface area contributed by atoms with Gasteiger partial charge in [0.15, 0.2) is 5.82 Å². The lowest BCUT2D eigenvalue weighted by molar-refractivity contribution is 0.0165. The van der Waals surface area contributed by atoms with Crippen LogP contribution in [0.15, 0.2) is 43.1 Å². The van der Waals surface area contributed by atoms with Crippen molar-refractivity contribution in [1.82, 2.24) is 29.9 Å². The predicted octanol–water partition coefficient (Wildman–Crippen LogP) is 3.24. The standard InChI is InChI=1S/C20H21F3N6O2/c1-4-28(19(30)15-11-24-6-5-17(15)29-26-7-8-27-29)13(2)12-31-18-16(21)9-14(10-25-18)20(3,22)23/h5-11,13H,4,12H2,1-3H3/t13-/m0/s1. The zero-order chi connectivity index (χ0) is 22.6. The number of nitrogens with zero attached hydrogens (tertiary/aromatic N) is 6. The molecule has 0 unspecified atom stereocenters. The third kappa shape index (κ3) is 4.98. The van der Waals surface area contributed by atoms with Crippen molar-refractivity contribution >= 4 is 5.91 Å². The number of hydrogen-bond acceptors (Lipinski definition) is 6. The van der Waals surface area contributed by atoms with Crippen molar-refractivity contribution < 1.29 is 22.7 Å². The van der Waals surface area contributed by atoms with Gasteiger partial charge in [-0.3, -0.25) is 9.78 Å². The molecule has 0 N–H and O–H groups in total. The first-order valence-corrected chi connectivity index (χ1v) is 9.50. The summed E-state index contributed by atoms with van der Waals surface area (Å²) in [7, 11) is 0. The van der Waals surface area contributed by atoms with Crippen LogP contribution in [-0.2, 0) is 5.92 Å². The summed E-state index contributed by atoms with van der Waals surface area (Å²) in [5.41, 5.74) is 0.193. The SMILES string of the molecule is CCN(C(=O)c1cnccc1-n1nccn1)[C@@H](C)COc1ncc(C(C)(F)F)cc1F. The van der Waals surface area contributed by atoms with Crippen LogP contribution in [0.4, 0.5) is 13.2 Å². The van der Waals surface area contributed by atoms with E-state index in [2.05, 4.69) is 20.2 Å². The molecule has 1 amide bonds. The van der Waals surface area contributed by atoms with Gasteiger partial charge in [0.05, 0.1) is 24.0 Å². The van der Waals surface area contributed by atoms with Gasteiger partial charge in [-0.05, 0) is 26.0 Å². The molecule has 0 fully saturated rings. The van der Waals surface area contributed by atoms with Crippen LogP contribution in [0, 0.1) is 5.82 Å².